The van der Waals surface area contributed by atoms with E-state index in [9.17, 15) is 39.9 Å². The number of aliphatic hydroxyl groups is 5. The van der Waals surface area contributed by atoms with Crippen LogP contribution in [0.15, 0.2) is 40.9 Å². The third-order valence-electron chi connectivity index (χ3n) is 8.20. The maximum Gasteiger partial charge on any atom is 0.190 e. The Hall–Kier alpha value is -3.13. The van der Waals surface area contributed by atoms with Gasteiger partial charge in [0.25, 0.3) is 0 Å². The topological polar surface area (TPSA) is 206 Å². The van der Waals surface area contributed by atoms with Crippen LogP contribution in [-0.4, -0.2) is 92.8 Å². The molecule has 1 aromatic rings. The molecule has 2 fully saturated rings. The van der Waals surface area contributed by atoms with Crippen LogP contribution in [-0.2, 0) is 14.3 Å². The van der Waals surface area contributed by atoms with Gasteiger partial charge < -0.3 is 45.5 Å². The standard InChI is InChI=1S/C27H31NO11/c1-10-22(31)13(28)6-17(38-10)39-15-8-27(36,16(30)9-29)7-12-19(15)26(35)21-20(24(12)33)23(32)11-4-3-5-14(37-2)18(11)25(21)34/h3-5,10,13,15,17,20-22,29,31,33,35-36H,6-9,28H2,1-2H3/t10?,13?,15-,17?,20?,21?,22?,27-/m0/s1. The fraction of sp³-hybridized carbons (Fsp3) is 0.519. The molecule has 1 saturated heterocycles. The number of hydrogen-bond acceptors (Lipinski definition) is 12. The van der Waals surface area contributed by atoms with Gasteiger partial charge in [0.05, 0.1) is 42.8 Å². The van der Waals surface area contributed by atoms with E-state index in [-0.39, 0.29) is 34.4 Å². The van der Waals surface area contributed by atoms with Crippen LogP contribution in [0.5, 0.6) is 5.75 Å². The van der Waals surface area contributed by atoms with Gasteiger partial charge in [0, 0.05) is 42.0 Å². The van der Waals surface area contributed by atoms with Crippen LogP contribution in [0.2, 0.25) is 0 Å². The van der Waals surface area contributed by atoms with E-state index in [4.69, 9.17) is 19.9 Å². The number of methoxy groups -OCH3 is 1. The monoisotopic (exact) mass is 545 g/mol. The lowest BCUT2D eigenvalue weighted by Crippen LogP contribution is -2.55. The van der Waals surface area contributed by atoms with Gasteiger partial charge in [-0.25, -0.2) is 0 Å². The summed E-state index contributed by atoms with van der Waals surface area (Å²) in [5.41, 5.74) is 3.58. The van der Waals surface area contributed by atoms with Gasteiger partial charge in [-0.15, -0.1) is 0 Å². The number of hydrogen-bond donors (Lipinski definition) is 6. The predicted molar refractivity (Wildman–Crippen MR) is 132 cm³/mol. The van der Waals surface area contributed by atoms with Crippen LogP contribution in [0.1, 0.15) is 46.9 Å². The van der Waals surface area contributed by atoms with Crippen molar-refractivity contribution in [2.24, 2.45) is 17.6 Å². The van der Waals surface area contributed by atoms with Gasteiger partial charge in [-0.1, -0.05) is 12.1 Å². The van der Waals surface area contributed by atoms with Gasteiger partial charge in [0.1, 0.15) is 29.5 Å². The molecule has 0 bridgehead atoms. The highest BCUT2D eigenvalue weighted by atomic mass is 16.7. The summed E-state index contributed by atoms with van der Waals surface area (Å²) < 4.78 is 17.0. The van der Waals surface area contributed by atoms with Crippen LogP contribution in [0.25, 0.3) is 0 Å². The molecule has 1 saturated carbocycles. The van der Waals surface area contributed by atoms with Gasteiger partial charge in [-0.3, -0.25) is 14.4 Å². The van der Waals surface area contributed by atoms with Gasteiger partial charge in [-0.05, 0) is 13.0 Å². The molecule has 6 unspecified atom stereocenters. The zero-order valence-electron chi connectivity index (χ0n) is 21.4. The average molecular weight is 546 g/mol. The smallest absolute Gasteiger partial charge is 0.190 e. The minimum atomic E-state index is -2.22. The predicted octanol–water partition coefficient (Wildman–Crippen LogP) is 0.239. The van der Waals surface area contributed by atoms with Crippen LogP contribution in [0.4, 0.5) is 0 Å². The SMILES string of the molecule is COc1cccc2c1C(=O)C1C(O)=C3C(=C(O)C1C2=O)C[C@@](O)(C(=O)CO)C[C@@H]3OC1CC(N)C(O)C(C)O1. The number of carbonyl (C=O) groups excluding carboxylic acids is 3. The van der Waals surface area contributed by atoms with E-state index in [0.29, 0.717) is 0 Å². The van der Waals surface area contributed by atoms with Gasteiger partial charge in [-0.2, -0.15) is 0 Å². The van der Waals surface area contributed by atoms with Crippen molar-refractivity contribution in [3.63, 3.8) is 0 Å². The lowest BCUT2D eigenvalue weighted by molar-refractivity contribution is -0.240. The Morgan fingerprint density at radius 1 is 1.18 bits per heavy atom. The van der Waals surface area contributed by atoms with Crippen molar-refractivity contribution in [3.05, 3.63) is 52.0 Å². The first kappa shape index (κ1) is 27.4. The number of allylic oxidation sites excluding steroid dienone is 2. The number of ether oxygens (including phenoxy) is 3. The second kappa shape index (κ2) is 9.81. The van der Waals surface area contributed by atoms with Gasteiger partial charge in [0.15, 0.2) is 23.6 Å². The molecular weight excluding hydrogens is 514 g/mol. The van der Waals surface area contributed by atoms with Crippen LogP contribution >= 0.6 is 0 Å². The van der Waals surface area contributed by atoms with E-state index >= 15 is 0 Å². The van der Waals surface area contributed by atoms with Crippen molar-refractivity contribution < 1.29 is 54.1 Å². The fourth-order valence-electron chi connectivity index (χ4n) is 6.15. The zero-order valence-corrected chi connectivity index (χ0v) is 21.4. The summed E-state index contributed by atoms with van der Waals surface area (Å²) in [6, 6.07) is 3.72. The number of ketones is 3. The van der Waals surface area contributed by atoms with Gasteiger partial charge in [0.2, 0.25) is 0 Å². The molecule has 8 atom stereocenters. The fourth-order valence-corrected chi connectivity index (χ4v) is 6.15. The minimum absolute atomic E-state index is 0.00597. The van der Waals surface area contributed by atoms with E-state index in [1.54, 1.807) is 6.92 Å². The van der Waals surface area contributed by atoms with Crippen molar-refractivity contribution in [1.82, 2.24) is 0 Å². The Kier molecular flexibility index (Phi) is 6.90. The molecule has 0 amide bonds. The zero-order chi connectivity index (χ0) is 28.4. The largest absolute Gasteiger partial charge is 0.511 e. The summed E-state index contributed by atoms with van der Waals surface area (Å²) in [7, 11) is 1.34. The van der Waals surface area contributed by atoms with Crippen molar-refractivity contribution in [2.45, 2.75) is 62.4 Å². The number of carbonyl (C=O) groups is 3. The maximum atomic E-state index is 13.7. The molecule has 0 aromatic heterocycles. The summed E-state index contributed by atoms with van der Waals surface area (Å²) in [5.74, 6) is -6.24. The molecule has 1 aromatic carbocycles. The Morgan fingerprint density at radius 2 is 1.87 bits per heavy atom. The average Bonchev–Trinajstić information content (AvgIpc) is 2.90. The van der Waals surface area contributed by atoms with Crippen LogP contribution in [0.3, 0.4) is 0 Å². The Labute approximate surface area is 223 Å². The Bertz CT molecular complexity index is 1290. The Balaban J connectivity index is 1.63. The number of fused-ring (bicyclic) bond motifs is 3. The third-order valence-corrected chi connectivity index (χ3v) is 8.20. The molecule has 0 spiro atoms. The molecule has 210 valence electrons. The van der Waals surface area contributed by atoms with E-state index in [2.05, 4.69) is 0 Å². The summed E-state index contributed by atoms with van der Waals surface area (Å²) in [6.07, 6.45) is -4.99. The first-order valence-corrected chi connectivity index (χ1v) is 12.6. The van der Waals surface area contributed by atoms with Crippen molar-refractivity contribution in [3.8, 4) is 5.75 Å². The highest BCUT2D eigenvalue weighted by Gasteiger charge is 2.56. The number of aliphatic hydroxyl groups excluding tert-OH is 4. The van der Waals surface area contributed by atoms with Crippen molar-refractivity contribution in [1.29, 1.82) is 0 Å². The third kappa shape index (κ3) is 4.19. The highest BCUT2D eigenvalue weighted by molar-refractivity contribution is 6.19. The Morgan fingerprint density at radius 3 is 2.51 bits per heavy atom. The summed E-state index contributed by atoms with van der Waals surface area (Å²) >= 11 is 0. The lowest BCUT2D eigenvalue weighted by atomic mass is 9.63. The van der Waals surface area contributed by atoms with Gasteiger partial charge >= 0.3 is 0 Å². The highest BCUT2D eigenvalue weighted by Crippen LogP contribution is 2.51. The molecule has 0 radical (unpaired) electrons. The lowest BCUT2D eigenvalue weighted by Gasteiger charge is -2.45. The summed E-state index contributed by atoms with van der Waals surface area (Å²) in [5, 5.41) is 53.8. The maximum absolute atomic E-state index is 13.7. The first-order chi connectivity index (χ1) is 18.4. The molecule has 1 heterocycles. The van der Waals surface area contributed by atoms with E-state index in [1.807, 2.05) is 0 Å². The van der Waals surface area contributed by atoms with E-state index in [0.717, 1.165) is 0 Å². The van der Waals surface area contributed by atoms with Crippen molar-refractivity contribution in [2.75, 3.05) is 13.7 Å². The minimum Gasteiger partial charge on any atom is -0.511 e. The molecule has 7 N–H and O–H groups in total. The molecular formula is C27H31NO11. The number of rotatable bonds is 5. The summed E-state index contributed by atoms with van der Waals surface area (Å²) in [6.45, 7) is 0.579. The van der Waals surface area contributed by atoms with Crippen LogP contribution < -0.4 is 10.5 Å². The molecule has 12 heteroatoms. The van der Waals surface area contributed by atoms with Crippen molar-refractivity contribution >= 4 is 17.3 Å². The second-order valence-electron chi connectivity index (χ2n) is 10.5. The number of nitrogens with two attached hydrogens (primary N) is 1. The molecule has 3 aliphatic carbocycles. The molecule has 12 nitrogen and oxygen atoms in total. The summed E-state index contributed by atoms with van der Waals surface area (Å²) in [4.78, 5) is 39.9. The number of Topliss-reactive ketones (excluding diaryl/α,β-unsaturated/α-hetero) is 3. The first-order valence-electron chi connectivity index (χ1n) is 12.6. The van der Waals surface area contributed by atoms with E-state index < -0.39 is 96.4 Å². The normalized spacial score (nSPS) is 36.3. The molecule has 4 aliphatic rings. The van der Waals surface area contributed by atoms with E-state index in [1.165, 1.54) is 25.3 Å². The second-order valence-corrected chi connectivity index (χ2v) is 10.5. The molecule has 5 rings (SSSR count). The quantitative estimate of drug-likeness (QED) is 0.294. The van der Waals surface area contributed by atoms with Crippen LogP contribution in [0, 0.1) is 11.8 Å². The molecule has 1 aliphatic heterocycles. The molecule has 39 heavy (non-hydrogen) atoms. The number of benzene rings is 1.